The van der Waals surface area contributed by atoms with Gasteiger partial charge in [-0.1, -0.05) is 133 Å². The van der Waals surface area contributed by atoms with Crippen LogP contribution in [-0.2, 0) is 46.4 Å². The average molecular weight is 963 g/mol. The molecule has 1 fully saturated rings. The number of carbonyl (C=O) groups is 1. The largest absolute Gasteiger partial charge is 0.497 e. The number of aromatic nitrogens is 4. The maximum absolute atomic E-state index is 14.2. The number of hydrogen-bond acceptors (Lipinski definition) is 14. The van der Waals surface area contributed by atoms with Crippen LogP contribution in [0.2, 0.25) is 0 Å². The number of fused-ring (bicyclic) bond motifs is 1. The Morgan fingerprint density at radius 2 is 1.40 bits per heavy atom. The molecule has 6 aromatic carbocycles. The Hall–Kier alpha value is -7.63. The second-order valence-corrected chi connectivity index (χ2v) is 17.6. The number of phosphoric acid groups is 1. The molecular formula is C52H47N6O11P. The van der Waals surface area contributed by atoms with Crippen molar-refractivity contribution >= 4 is 36.5 Å². The highest BCUT2D eigenvalue weighted by atomic mass is 31.2. The van der Waals surface area contributed by atoms with Gasteiger partial charge in [0, 0.05) is 18.7 Å². The van der Waals surface area contributed by atoms with Crippen LogP contribution >= 0.6 is 7.82 Å². The summed E-state index contributed by atoms with van der Waals surface area (Å²) in [5.74, 6) is 0.275. The van der Waals surface area contributed by atoms with E-state index in [2.05, 4.69) is 20.3 Å². The van der Waals surface area contributed by atoms with E-state index in [1.165, 1.54) is 41.5 Å². The SMILES string of the molecule is COc1ccc(C(OC[C@H]2O[C@@H](n3cnc4c(NCc5ccccc5)ncnc43)[C@H](OP(=O)(O)OCCc3ccc([N+](=O)[O-])cc3)[C@@H]2OC(=O)c2ccccc2)(c2ccccc2)c2ccccc2)cc1. The first-order valence-corrected chi connectivity index (χ1v) is 23.8. The van der Waals surface area contributed by atoms with Crippen LogP contribution in [-0.4, -0.2) is 73.9 Å². The molecule has 0 aliphatic carbocycles. The van der Waals surface area contributed by atoms with Crippen molar-refractivity contribution in [3.8, 4) is 5.75 Å². The van der Waals surface area contributed by atoms with Crippen LogP contribution in [0.25, 0.3) is 11.2 Å². The lowest BCUT2D eigenvalue weighted by atomic mass is 9.80. The number of benzene rings is 6. The van der Waals surface area contributed by atoms with Crippen LogP contribution in [0, 0.1) is 10.1 Å². The van der Waals surface area contributed by atoms with Crippen LogP contribution in [0.3, 0.4) is 0 Å². The number of nitro groups is 1. The third-order valence-electron chi connectivity index (χ3n) is 11.8. The highest BCUT2D eigenvalue weighted by molar-refractivity contribution is 7.47. The minimum Gasteiger partial charge on any atom is -0.497 e. The van der Waals surface area contributed by atoms with Crippen molar-refractivity contribution in [2.24, 2.45) is 0 Å². The predicted octanol–water partition coefficient (Wildman–Crippen LogP) is 9.23. The zero-order chi connectivity index (χ0) is 48.5. The number of nitro benzene ring substituents is 1. The summed E-state index contributed by atoms with van der Waals surface area (Å²) in [4.78, 5) is 50.1. The molecule has 9 rings (SSSR count). The molecule has 0 bridgehead atoms. The topological polar surface area (TPSA) is 209 Å². The van der Waals surface area contributed by atoms with Gasteiger partial charge in [0.2, 0.25) is 0 Å². The van der Waals surface area contributed by atoms with E-state index in [1.54, 1.807) is 37.4 Å². The van der Waals surface area contributed by atoms with Gasteiger partial charge in [-0.15, -0.1) is 0 Å². The summed E-state index contributed by atoms with van der Waals surface area (Å²) in [7, 11) is -3.46. The van der Waals surface area contributed by atoms with Crippen molar-refractivity contribution in [3.63, 3.8) is 0 Å². The molecule has 1 saturated heterocycles. The summed E-state index contributed by atoms with van der Waals surface area (Å²) in [5, 5.41) is 14.6. The Morgan fingerprint density at radius 3 is 2.03 bits per heavy atom. The van der Waals surface area contributed by atoms with Gasteiger partial charge in [0.25, 0.3) is 5.69 Å². The second kappa shape index (κ2) is 21.3. The third kappa shape index (κ3) is 10.5. The number of imidazole rings is 1. The quantitative estimate of drug-likeness (QED) is 0.0240. The van der Waals surface area contributed by atoms with Gasteiger partial charge in [-0.3, -0.25) is 23.7 Å². The number of esters is 1. The van der Waals surface area contributed by atoms with E-state index in [0.717, 1.165) is 22.3 Å². The molecule has 3 heterocycles. The average Bonchev–Trinajstić information content (AvgIpc) is 3.98. The summed E-state index contributed by atoms with van der Waals surface area (Å²) in [6, 6.07) is 50.5. The fourth-order valence-corrected chi connectivity index (χ4v) is 9.33. The van der Waals surface area contributed by atoms with E-state index in [0.29, 0.717) is 29.2 Å². The van der Waals surface area contributed by atoms with Crippen molar-refractivity contribution in [2.75, 3.05) is 25.6 Å². The highest BCUT2D eigenvalue weighted by Gasteiger charge is 2.53. The number of carbonyl (C=O) groups excluding carboxylic acids is 1. The fraction of sp³-hybridized carbons (Fsp3) is 0.192. The van der Waals surface area contributed by atoms with E-state index in [1.807, 2.05) is 115 Å². The molecule has 17 nitrogen and oxygen atoms in total. The van der Waals surface area contributed by atoms with E-state index in [-0.39, 0.29) is 36.5 Å². The molecule has 70 heavy (non-hydrogen) atoms. The Morgan fingerprint density at radius 1 is 0.786 bits per heavy atom. The van der Waals surface area contributed by atoms with E-state index in [9.17, 15) is 24.4 Å². The molecule has 1 unspecified atom stereocenters. The Balaban J connectivity index is 1.11. The molecule has 1 aliphatic heterocycles. The van der Waals surface area contributed by atoms with Crippen LogP contribution in [0.1, 0.15) is 44.4 Å². The molecule has 8 aromatic rings. The van der Waals surface area contributed by atoms with Gasteiger partial charge in [-0.25, -0.2) is 24.3 Å². The summed E-state index contributed by atoms with van der Waals surface area (Å²) in [6.45, 7) is -0.172. The number of nitrogens with zero attached hydrogens (tertiary/aromatic N) is 5. The maximum Gasteiger partial charge on any atom is 0.472 e. The number of hydrogen-bond donors (Lipinski definition) is 2. The molecule has 2 aromatic heterocycles. The van der Waals surface area contributed by atoms with Crippen LogP contribution in [0.4, 0.5) is 11.5 Å². The van der Waals surface area contributed by atoms with Crippen molar-refractivity contribution in [3.05, 3.63) is 226 Å². The molecule has 5 atom stereocenters. The molecule has 0 spiro atoms. The van der Waals surface area contributed by atoms with Gasteiger partial charge in [0.15, 0.2) is 35.4 Å². The van der Waals surface area contributed by atoms with Crippen molar-refractivity contribution in [1.29, 1.82) is 0 Å². The summed E-state index contributed by atoms with van der Waals surface area (Å²) < 4.78 is 53.4. The van der Waals surface area contributed by atoms with Gasteiger partial charge >= 0.3 is 13.8 Å². The number of nitrogens with one attached hydrogen (secondary N) is 1. The predicted molar refractivity (Wildman–Crippen MR) is 258 cm³/mol. The molecule has 18 heteroatoms. The second-order valence-electron chi connectivity index (χ2n) is 16.2. The lowest BCUT2D eigenvalue weighted by Gasteiger charge is -2.37. The molecule has 2 N–H and O–H groups in total. The molecule has 1 aliphatic rings. The molecule has 0 amide bonds. The zero-order valence-corrected chi connectivity index (χ0v) is 38.6. The summed E-state index contributed by atoms with van der Waals surface area (Å²) >= 11 is 0. The standard InChI is InChI=1S/C52H47N6O11P/c1-64-43-28-24-41(25-29-43)52(39-18-10-4-11-19-39,40-20-12-5-13-21-40)65-33-44-46(68-51(59)38-16-8-3-9-17-38)47(69-70(62,63)66-31-30-36-22-26-42(27-23-36)58(60)61)50(67-44)57-35-56-45-48(54-34-55-49(45)57)53-32-37-14-6-2-7-15-37/h2-29,34-35,44,46-47,50H,30-33H2,1H3,(H,62,63)(H,53,54,55)/t44-,46-,47-,50-/m1/s1. The van der Waals surface area contributed by atoms with Gasteiger partial charge < -0.3 is 29.2 Å². The van der Waals surface area contributed by atoms with Crippen LogP contribution in [0.5, 0.6) is 5.75 Å². The Kier molecular flexibility index (Phi) is 14.5. The lowest BCUT2D eigenvalue weighted by Crippen LogP contribution is -2.42. The minimum absolute atomic E-state index is 0.104. The number of rotatable bonds is 20. The van der Waals surface area contributed by atoms with Crippen LogP contribution < -0.4 is 10.1 Å². The summed E-state index contributed by atoms with van der Waals surface area (Å²) in [5.41, 5.74) is 3.29. The maximum atomic E-state index is 14.2. The fourth-order valence-electron chi connectivity index (χ4n) is 8.41. The first kappa shape index (κ1) is 47.4. The summed E-state index contributed by atoms with van der Waals surface area (Å²) in [6.07, 6.45) is -2.63. The number of anilines is 1. The highest BCUT2D eigenvalue weighted by Crippen LogP contribution is 2.51. The van der Waals surface area contributed by atoms with Crippen LogP contribution in [0.15, 0.2) is 183 Å². The van der Waals surface area contributed by atoms with E-state index < -0.39 is 48.9 Å². The van der Waals surface area contributed by atoms with Gasteiger partial charge in [-0.2, -0.15) is 0 Å². The molecule has 356 valence electrons. The van der Waals surface area contributed by atoms with Crippen molar-refractivity contribution in [1.82, 2.24) is 19.5 Å². The van der Waals surface area contributed by atoms with Crippen molar-refractivity contribution in [2.45, 2.75) is 43.1 Å². The lowest BCUT2D eigenvalue weighted by molar-refractivity contribution is -0.384. The third-order valence-corrected chi connectivity index (χ3v) is 12.9. The Bertz CT molecular complexity index is 3020. The van der Waals surface area contributed by atoms with Gasteiger partial charge in [0.05, 0.1) is 37.1 Å². The number of phosphoric ester groups is 1. The first-order valence-electron chi connectivity index (χ1n) is 22.3. The minimum atomic E-state index is -5.05. The smallest absolute Gasteiger partial charge is 0.472 e. The van der Waals surface area contributed by atoms with E-state index in [4.69, 9.17) is 28.0 Å². The number of ether oxygens (including phenoxy) is 4. The van der Waals surface area contributed by atoms with Gasteiger partial charge in [-0.05, 0) is 58.5 Å². The van der Waals surface area contributed by atoms with E-state index >= 15 is 0 Å². The molecule has 0 radical (unpaired) electrons. The molecular weight excluding hydrogens is 916 g/mol. The first-order chi connectivity index (χ1) is 34.1. The van der Waals surface area contributed by atoms with Gasteiger partial charge in [0.1, 0.15) is 23.8 Å². The number of methoxy groups -OCH3 is 1. The zero-order valence-electron chi connectivity index (χ0n) is 37.7. The monoisotopic (exact) mass is 962 g/mol. The number of non-ortho nitro benzene ring substituents is 1. The normalized spacial score (nSPS) is 17.7. The molecule has 0 saturated carbocycles. The van der Waals surface area contributed by atoms with Crippen molar-refractivity contribution < 1.29 is 47.2 Å². The Labute approximate surface area is 402 Å².